The van der Waals surface area contributed by atoms with Gasteiger partial charge in [-0.15, -0.1) is 35.3 Å². The molecule has 0 saturated carbocycles. The highest BCUT2D eigenvalue weighted by Gasteiger charge is 2.15. The number of nitrogens with zero attached hydrogens (tertiary/aromatic N) is 2. The molecular formula is C18H23F3IN5OS. The molecule has 1 heterocycles. The van der Waals surface area contributed by atoms with Crippen molar-refractivity contribution in [3.05, 3.63) is 45.7 Å². The lowest BCUT2D eigenvalue weighted by Crippen LogP contribution is -2.37. The molecule has 6 nitrogen and oxygen atoms in total. The average molecular weight is 541 g/mol. The van der Waals surface area contributed by atoms with E-state index in [1.54, 1.807) is 0 Å². The second-order valence-electron chi connectivity index (χ2n) is 6.14. The van der Waals surface area contributed by atoms with E-state index in [0.29, 0.717) is 25.0 Å². The van der Waals surface area contributed by atoms with Gasteiger partial charge in [0.15, 0.2) is 23.4 Å². The van der Waals surface area contributed by atoms with Crippen molar-refractivity contribution in [3.63, 3.8) is 0 Å². The molecule has 0 saturated heterocycles. The van der Waals surface area contributed by atoms with E-state index in [-0.39, 0.29) is 30.5 Å². The number of halogens is 4. The number of carbonyl (C=O) groups excluding carboxylic acids is 1. The highest BCUT2D eigenvalue weighted by molar-refractivity contribution is 14.0. The summed E-state index contributed by atoms with van der Waals surface area (Å²) in [5.74, 6) is -4.36. The Kier molecular flexibility index (Phi) is 10.4. The molecule has 0 bridgehead atoms. The van der Waals surface area contributed by atoms with Gasteiger partial charge >= 0.3 is 0 Å². The second kappa shape index (κ2) is 12.0. The molecule has 0 aliphatic rings. The van der Waals surface area contributed by atoms with Crippen molar-refractivity contribution in [1.29, 1.82) is 0 Å². The SMILES string of the molecule is CCNC(=NCC(=O)Nc1ccc(F)c(F)c1F)NCc1nc(C(C)C)cs1.I. The van der Waals surface area contributed by atoms with Gasteiger partial charge in [-0.3, -0.25) is 4.79 Å². The van der Waals surface area contributed by atoms with E-state index in [1.807, 2.05) is 12.3 Å². The van der Waals surface area contributed by atoms with Crippen LogP contribution in [0.15, 0.2) is 22.5 Å². The fraction of sp³-hybridized carbons (Fsp3) is 0.389. The number of carbonyl (C=O) groups is 1. The molecule has 0 radical (unpaired) electrons. The molecule has 1 aromatic carbocycles. The molecule has 0 unspecified atom stereocenters. The maximum atomic E-state index is 13.6. The Balaban J connectivity index is 0.00000420. The molecule has 2 rings (SSSR count). The van der Waals surface area contributed by atoms with Crippen LogP contribution in [-0.4, -0.2) is 29.9 Å². The van der Waals surface area contributed by atoms with Crippen molar-refractivity contribution in [3.8, 4) is 0 Å². The predicted molar refractivity (Wildman–Crippen MR) is 119 cm³/mol. The Hall–Kier alpha value is -1.89. The second-order valence-corrected chi connectivity index (χ2v) is 7.08. The van der Waals surface area contributed by atoms with Gasteiger partial charge in [-0.05, 0) is 25.0 Å². The maximum Gasteiger partial charge on any atom is 0.246 e. The number of nitrogens with one attached hydrogen (secondary N) is 3. The minimum Gasteiger partial charge on any atom is -0.357 e. The summed E-state index contributed by atoms with van der Waals surface area (Å²) in [4.78, 5) is 20.6. The van der Waals surface area contributed by atoms with Gasteiger partial charge in [-0.2, -0.15) is 0 Å². The van der Waals surface area contributed by atoms with Gasteiger partial charge in [0.05, 0.1) is 17.9 Å². The van der Waals surface area contributed by atoms with Crippen LogP contribution in [0.5, 0.6) is 0 Å². The van der Waals surface area contributed by atoms with Crippen LogP contribution in [0, 0.1) is 17.5 Å². The Morgan fingerprint density at radius 3 is 2.55 bits per heavy atom. The van der Waals surface area contributed by atoms with Crippen molar-refractivity contribution < 1.29 is 18.0 Å². The molecule has 0 fully saturated rings. The molecule has 2 aromatic rings. The largest absolute Gasteiger partial charge is 0.357 e. The van der Waals surface area contributed by atoms with E-state index in [9.17, 15) is 18.0 Å². The van der Waals surface area contributed by atoms with Crippen molar-refractivity contribution in [2.45, 2.75) is 33.2 Å². The van der Waals surface area contributed by atoms with Crippen LogP contribution in [0.25, 0.3) is 0 Å². The minimum atomic E-state index is -1.64. The fourth-order valence-electron chi connectivity index (χ4n) is 2.14. The number of hydrogen-bond acceptors (Lipinski definition) is 4. The Morgan fingerprint density at radius 2 is 1.93 bits per heavy atom. The van der Waals surface area contributed by atoms with Gasteiger partial charge in [0.25, 0.3) is 0 Å². The summed E-state index contributed by atoms with van der Waals surface area (Å²) in [6.45, 7) is 6.67. The normalized spacial score (nSPS) is 11.2. The van der Waals surface area contributed by atoms with E-state index in [1.165, 1.54) is 11.3 Å². The van der Waals surface area contributed by atoms with Crippen LogP contribution in [0.2, 0.25) is 0 Å². The maximum absolute atomic E-state index is 13.6. The minimum absolute atomic E-state index is 0. The Labute approximate surface area is 188 Å². The van der Waals surface area contributed by atoms with E-state index in [0.717, 1.165) is 22.8 Å². The lowest BCUT2D eigenvalue weighted by atomic mass is 10.2. The molecule has 0 spiro atoms. The quantitative estimate of drug-likeness (QED) is 0.215. The zero-order valence-electron chi connectivity index (χ0n) is 16.2. The smallest absolute Gasteiger partial charge is 0.246 e. The van der Waals surface area contributed by atoms with Crippen LogP contribution < -0.4 is 16.0 Å². The average Bonchev–Trinajstić information content (AvgIpc) is 3.14. The van der Waals surface area contributed by atoms with Crippen LogP contribution >= 0.6 is 35.3 Å². The molecule has 1 aromatic heterocycles. The summed E-state index contributed by atoms with van der Waals surface area (Å²) >= 11 is 1.52. The molecule has 3 N–H and O–H groups in total. The van der Waals surface area contributed by atoms with Crippen molar-refractivity contribution in [1.82, 2.24) is 15.6 Å². The third kappa shape index (κ3) is 7.46. The summed E-state index contributed by atoms with van der Waals surface area (Å²) in [5.41, 5.74) is 0.567. The number of guanidine groups is 1. The van der Waals surface area contributed by atoms with Crippen molar-refractivity contribution in [2.75, 3.05) is 18.4 Å². The number of hydrogen-bond donors (Lipinski definition) is 3. The summed E-state index contributed by atoms with van der Waals surface area (Å²) in [5, 5.41) is 11.1. The molecular weight excluding hydrogens is 518 g/mol. The third-order valence-corrected chi connectivity index (χ3v) is 4.47. The van der Waals surface area contributed by atoms with Crippen LogP contribution in [0.1, 0.15) is 37.4 Å². The standard InChI is InChI=1S/C18H22F3N5OS.HI/c1-4-22-18(24-8-15-26-13(9-28-15)10(2)3)23-7-14(27)25-12-6-5-11(19)16(20)17(12)21;/h5-6,9-10H,4,7-8H2,1-3H3,(H,25,27)(H2,22,23,24);1H. The zero-order valence-corrected chi connectivity index (χ0v) is 19.3. The number of thiazole rings is 1. The van der Waals surface area contributed by atoms with Gasteiger partial charge in [-0.1, -0.05) is 13.8 Å². The number of rotatable bonds is 7. The van der Waals surface area contributed by atoms with Gasteiger partial charge in [0.1, 0.15) is 11.6 Å². The predicted octanol–water partition coefficient (Wildman–Crippen LogP) is 4.00. The van der Waals surface area contributed by atoms with E-state index in [4.69, 9.17) is 0 Å². The number of aromatic nitrogens is 1. The van der Waals surface area contributed by atoms with E-state index < -0.39 is 29.0 Å². The van der Waals surface area contributed by atoms with Crippen LogP contribution in [0.3, 0.4) is 0 Å². The molecule has 1 amide bonds. The van der Waals surface area contributed by atoms with E-state index >= 15 is 0 Å². The lowest BCUT2D eigenvalue weighted by Gasteiger charge is -2.10. The molecule has 0 aliphatic carbocycles. The Bertz CT molecular complexity index is 860. The van der Waals surface area contributed by atoms with Crippen LogP contribution in [-0.2, 0) is 11.3 Å². The van der Waals surface area contributed by atoms with Crippen molar-refractivity contribution >= 4 is 52.9 Å². The molecule has 29 heavy (non-hydrogen) atoms. The summed E-state index contributed by atoms with van der Waals surface area (Å²) in [7, 11) is 0. The first-order valence-electron chi connectivity index (χ1n) is 8.71. The summed E-state index contributed by atoms with van der Waals surface area (Å²) in [6, 6.07) is 1.69. The molecule has 0 atom stereocenters. The first-order valence-corrected chi connectivity index (χ1v) is 9.59. The number of anilines is 1. The van der Waals surface area contributed by atoms with Gasteiger partial charge < -0.3 is 16.0 Å². The first-order chi connectivity index (χ1) is 13.3. The topological polar surface area (TPSA) is 78.4 Å². The summed E-state index contributed by atoms with van der Waals surface area (Å²) in [6.07, 6.45) is 0. The number of amides is 1. The lowest BCUT2D eigenvalue weighted by molar-refractivity contribution is -0.114. The monoisotopic (exact) mass is 541 g/mol. The number of benzene rings is 1. The summed E-state index contributed by atoms with van der Waals surface area (Å²) < 4.78 is 39.8. The third-order valence-electron chi connectivity index (χ3n) is 3.60. The highest BCUT2D eigenvalue weighted by atomic mass is 127. The highest BCUT2D eigenvalue weighted by Crippen LogP contribution is 2.19. The first kappa shape index (κ1) is 25.1. The van der Waals surface area contributed by atoms with Gasteiger partial charge in [-0.25, -0.2) is 23.1 Å². The van der Waals surface area contributed by atoms with E-state index in [2.05, 4.69) is 39.8 Å². The zero-order chi connectivity index (χ0) is 20.7. The Morgan fingerprint density at radius 1 is 1.21 bits per heavy atom. The fourth-order valence-corrected chi connectivity index (χ4v) is 3.03. The molecule has 11 heteroatoms. The molecule has 0 aliphatic heterocycles. The van der Waals surface area contributed by atoms with Crippen molar-refractivity contribution in [2.24, 2.45) is 4.99 Å². The molecule has 160 valence electrons. The van der Waals surface area contributed by atoms with Crippen LogP contribution in [0.4, 0.5) is 18.9 Å². The van der Waals surface area contributed by atoms with Gasteiger partial charge in [0.2, 0.25) is 5.91 Å². The number of aliphatic imine (C=N–C) groups is 1. The van der Waals surface area contributed by atoms with Gasteiger partial charge in [0, 0.05) is 11.9 Å².